The molecule has 1 N–H and O–H groups in total. The fraction of sp³-hybridized carbons (Fsp3) is 0.294. The second kappa shape index (κ2) is 5.70. The third kappa shape index (κ3) is 2.95. The second-order valence-corrected chi connectivity index (χ2v) is 6.11. The maximum Gasteiger partial charge on any atom is 0.0373 e. The summed E-state index contributed by atoms with van der Waals surface area (Å²) in [6, 6.07) is 15.5. The lowest BCUT2D eigenvalue weighted by atomic mass is 10.0. The summed E-state index contributed by atoms with van der Waals surface area (Å²) in [5.74, 6) is 1.05. The van der Waals surface area contributed by atoms with Gasteiger partial charge in [0.15, 0.2) is 0 Å². The fourth-order valence-corrected chi connectivity index (χ4v) is 3.51. The maximum atomic E-state index is 3.46. The van der Waals surface area contributed by atoms with Gasteiger partial charge in [-0.3, -0.25) is 0 Å². The molecule has 0 atom stereocenters. The van der Waals surface area contributed by atoms with Crippen molar-refractivity contribution in [3.05, 3.63) is 59.2 Å². The molecule has 2 aromatic rings. The minimum atomic E-state index is 1.05. The first-order chi connectivity index (χ1) is 9.33. The molecule has 0 unspecified atom stereocenters. The van der Waals surface area contributed by atoms with Crippen LogP contribution in [0.4, 0.5) is 5.69 Å². The van der Waals surface area contributed by atoms with Gasteiger partial charge in [-0.25, -0.2) is 0 Å². The first kappa shape index (κ1) is 12.6. The van der Waals surface area contributed by atoms with E-state index in [1.807, 2.05) is 11.8 Å². The largest absolute Gasteiger partial charge is 0.385 e. The van der Waals surface area contributed by atoms with Gasteiger partial charge in [0.2, 0.25) is 0 Å². The van der Waals surface area contributed by atoms with Crippen LogP contribution in [0.15, 0.2) is 47.4 Å². The van der Waals surface area contributed by atoms with E-state index < -0.39 is 0 Å². The molecular formula is C17H19NS. The molecule has 0 radical (unpaired) electrons. The summed E-state index contributed by atoms with van der Waals surface area (Å²) < 4.78 is 0. The molecule has 19 heavy (non-hydrogen) atoms. The summed E-state index contributed by atoms with van der Waals surface area (Å²) in [6.45, 7) is 3.30. The predicted molar refractivity (Wildman–Crippen MR) is 84.0 cm³/mol. The quantitative estimate of drug-likeness (QED) is 0.814. The van der Waals surface area contributed by atoms with E-state index in [0.29, 0.717) is 0 Å². The summed E-state index contributed by atoms with van der Waals surface area (Å²) in [5, 5.41) is 3.46. The van der Waals surface area contributed by atoms with E-state index in [1.165, 1.54) is 40.1 Å². The lowest BCUT2D eigenvalue weighted by Gasteiger charge is -2.18. The van der Waals surface area contributed by atoms with Crippen molar-refractivity contribution in [3.63, 3.8) is 0 Å². The van der Waals surface area contributed by atoms with Crippen molar-refractivity contribution >= 4 is 17.4 Å². The van der Waals surface area contributed by atoms with Crippen LogP contribution in [-0.2, 0) is 12.2 Å². The zero-order chi connectivity index (χ0) is 13.1. The van der Waals surface area contributed by atoms with Gasteiger partial charge in [0.1, 0.15) is 0 Å². The van der Waals surface area contributed by atoms with Crippen molar-refractivity contribution < 1.29 is 0 Å². The SMILES string of the molecule is Cc1ccccc1CSc1ccc2c(c1)CCCN2. The number of anilines is 1. The van der Waals surface area contributed by atoms with Gasteiger partial charge < -0.3 is 5.32 Å². The molecule has 0 saturated carbocycles. The van der Waals surface area contributed by atoms with Gasteiger partial charge >= 0.3 is 0 Å². The van der Waals surface area contributed by atoms with Gasteiger partial charge in [-0.1, -0.05) is 24.3 Å². The summed E-state index contributed by atoms with van der Waals surface area (Å²) >= 11 is 1.93. The number of hydrogen-bond acceptors (Lipinski definition) is 2. The number of hydrogen-bond donors (Lipinski definition) is 1. The molecule has 0 saturated heterocycles. The molecule has 0 amide bonds. The van der Waals surface area contributed by atoms with Crippen LogP contribution in [0.5, 0.6) is 0 Å². The van der Waals surface area contributed by atoms with E-state index in [9.17, 15) is 0 Å². The van der Waals surface area contributed by atoms with Gasteiger partial charge in [0, 0.05) is 22.9 Å². The number of aryl methyl sites for hydroxylation is 2. The Balaban J connectivity index is 1.72. The first-order valence-electron chi connectivity index (χ1n) is 6.87. The normalized spacial score (nSPS) is 13.7. The predicted octanol–water partition coefficient (Wildman–Crippen LogP) is 4.65. The van der Waals surface area contributed by atoms with E-state index in [1.54, 1.807) is 0 Å². The van der Waals surface area contributed by atoms with Crippen LogP contribution in [0.25, 0.3) is 0 Å². The maximum absolute atomic E-state index is 3.46. The molecule has 2 aromatic carbocycles. The molecule has 0 bridgehead atoms. The molecule has 1 nitrogen and oxygen atoms in total. The van der Waals surface area contributed by atoms with Crippen molar-refractivity contribution in [2.45, 2.75) is 30.4 Å². The number of rotatable bonds is 3. The summed E-state index contributed by atoms with van der Waals surface area (Å²) in [4.78, 5) is 1.38. The zero-order valence-electron chi connectivity index (χ0n) is 11.3. The molecule has 1 heterocycles. The van der Waals surface area contributed by atoms with Gasteiger partial charge in [0.25, 0.3) is 0 Å². The molecule has 0 fully saturated rings. The van der Waals surface area contributed by atoms with Crippen LogP contribution < -0.4 is 5.32 Å². The van der Waals surface area contributed by atoms with Crippen molar-refractivity contribution in [1.82, 2.24) is 0 Å². The highest BCUT2D eigenvalue weighted by molar-refractivity contribution is 7.98. The zero-order valence-corrected chi connectivity index (χ0v) is 12.1. The Kier molecular flexibility index (Phi) is 3.79. The Morgan fingerprint density at radius 3 is 2.95 bits per heavy atom. The molecular weight excluding hydrogens is 250 g/mol. The minimum Gasteiger partial charge on any atom is -0.385 e. The van der Waals surface area contributed by atoms with E-state index in [0.717, 1.165) is 12.3 Å². The number of benzene rings is 2. The number of thioether (sulfide) groups is 1. The molecule has 3 rings (SSSR count). The molecule has 98 valence electrons. The van der Waals surface area contributed by atoms with Crippen LogP contribution in [0.2, 0.25) is 0 Å². The minimum absolute atomic E-state index is 1.05. The Morgan fingerprint density at radius 2 is 2.05 bits per heavy atom. The average molecular weight is 269 g/mol. The lowest BCUT2D eigenvalue weighted by molar-refractivity contribution is 0.827. The van der Waals surface area contributed by atoms with Crippen molar-refractivity contribution in [2.24, 2.45) is 0 Å². The second-order valence-electron chi connectivity index (χ2n) is 5.06. The van der Waals surface area contributed by atoms with Gasteiger partial charge in [0.05, 0.1) is 0 Å². The van der Waals surface area contributed by atoms with Crippen LogP contribution in [0.3, 0.4) is 0 Å². The van der Waals surface area contributed by atoms with Gasteiger partial charge in [-0.05, 0) is 54.7 Å². The summed E-state index contributed by atoms with van der Waals surface area (Å²) in [7, 11) is 0. The van der Waals surface area contributed by atoms with Crippen LogP contribution >= 0.6 is 11.8 Å². The van der Waals surface area contributed by atoms with E-state index in [4.69, 9.17) is 0 Å². The molecule has 0 spiro atoms. The Hall–Kier alpha value is -1.41. The Morgan fingerprint density at radius 1 is 1.16 bits per heavy atom. The van der Waals surface area contributed by atoms with E-state index >= 15 is 0 Å². The number of nitrogens with one attached hydrogen (secondary N) is 1. The van der Waals surface area contributed by atoms with E-state index in [2.05, 4.69) is 54.7 Å². The standard InChI is InChI=1S/C17H19NS/c1-13-5-2-3-6-15(13)12-19-16-8-9-17-14(11-16)7-4-10-18-17/h2-3,5-6,8-9,11,18H,4,7,10,12H2,1H3. The Labute approximate surface area is 119 Å². The van der Waals surface area contributed by atoms with Gasteiger partial charge in [-0.2, -0.15) is 0 Å². The highest BCUT2D eigenvalue weighted by Crippen LogP contribution is 2.30. The molecule has 0 aromatic heterocycles. The lowest BCUT2D eigenvalue weighted by Crippen LogP contribution is -2.11. The smallest absolute Gasteiger partial charge is 0.0373 e. The van der Waals surface area contributed by atoms with Crippen molar-refractivity contribution in [3.8, 4) is 0 Å². The molecule has 1 aliphatic heterocycles. The van der Waals surface area contributed by atoms with Crippen molar-refractivity contribution in [2.75, 3.05) is 11.9 Å². The topological polar surface area (TPSA) is 12.0 Å². The molecule has 2 heteroatoms. The average Bonchev–Trinajstić information content (AvgIpc) is 2.46. The van der Waals surface area contributed by atoms with Crippen LogP contribution in [0.1, 0.15) is 23.1 Å². The monoisotopic (exact) mass is 269 g/mol. The third-order valence-corrected chi connectivity index (χ3v) is 4.71. The summed E-state index contributed by atoms with van der Waals surface area (Å²) in [5.41, 5.74) is 5.62. The van der Waals surface area contributed by atoms with Gasteiger partial charge in [-0.15, -0.1) is 11.8 Å². The molecule has 0 aliphatic carbocycles. The van der Waals surface area contributed by atoms with Crippen LogP contribution in [-0.4, -0.2) is 6.54 Å². The highest BCUT2D eigenvalue weighted by Gasteiger charge is 2.09. The first-order valence-corrected chi connectivity index (χ1v) is 7.85. The van der Waals surface area contributed by atoms with Crippen molar-refractivity contribution in [1.29, 1.82) is 0 Å². The Bertz CT molecular complexity index is 577. The third-order valence-electron chi connectivity index (χ3n) is 3.67. The van der Waals surface area contributed by atoms with Crippen LogP contribution in [0, 0.1) is 6.92 Å². The molecule has 1 aliphatic rings. The fourth-order valence-electron chi connectivity index (χ4n) is 2.47. The van der Waals surface area contributed by atoms with E-state index in [-0.39, 0.29) is 0 Å². The highest BCUT2D eigenvalue weighted by atomic mass is 32.2. The summed E-state index contributed by atoms with van der Waals surface area (Å²) in [6.07, 6.45) is 2.46. The number of fused-ring (bicyclic) bond motifs is 1.